The molecule has 21 rings (SSSR count). The maximum atomic E-state index is 8.30. The fourth-order valence-corrected chi connectivity index (χ4v) is 19.5. The van der Waals surface area contributed by atoms with E-state index in [1.165, 1.54) is 125 Å². The third-order valence-corrected chi connectivity index (χ3v) is 25.0. The molecule has 6 heterocycles. The maximum absolute atomic E-state index is 8.30. The SMILES string of the molecule is CC(C)(C)c1cc(-c2ccccc2N2c3cc4c(cc3B3c5cc6c7ccccc7c7ccccc7c7cccc8c9ccccc9n(c6cc5N(c5ccccc5-c5cc(C(C)(C)C)cc(C(C)(C)C)c5)c5cc(Cl)cc2c53)c78)c2ccccc2c2ccccc2c2cccc3c5ccccc5n4c23)cc(C(C)(C)C)c1. The molecule has 0 saturated carbocycles. The van der Waals surface area contributed by atoms with Crippen LogP contribution in [-0.4, -0.2) is 15.5 Å². The number of hydrogen-bond acceptors (Lipinski definition) is 2. The zero-order chi connectivity index (χ0) is 76.3. The molecule has 0 N–H and O–H groups in total. The molecule has 0 amide bonds. The first-order valence-electron chi connectivity index (χ1n) is 39.8. The summed E-state index contributed by atoms with van der Waals surface area (Å²) in [5, 5.41) is 19.6. The molecule has 0 unspecified atom stereocenters. The van der Waals surface area contributed by atoms with E-state index in [2.05, 4.69) is 405 Å². The van der Waals surface area contributed by atoms with Gasteiger partial charge in [0.25, 0.3) is 6.71 Å². The third-order valence-electron chi connectivity index (χ3n) is 24.8. The molecule has 15 aromatic carbocycles. The lowest BCUT2D eigenvalue weighted by atomic mass is 9.33. The Labute approximate surface area is 659 Å². The highest BCUT2D eigenvalue weighted by atomic mass is 35.5. The second-order valence-corrected chi connectivity index (χ2v) is 36.2. The van der Waals surface area contributed by atoms with Gasteiger partial charge in [-0.15, -0.1) is 0 Å². The van der Waals surface area contributed by atoms with E-state index in [9.17, 15) is 0 Å². The fraction of sp³-hybridized carbons (Fsp3) is 0.151. The molecule has 0 bridgehead atoms. The van der Waals surface area contributed by atoms with Crippen LogP contribution in [0.15, 0.2) is 303 Å². The Morgan fingerprint density at radius 2 is 0.509 bits per heavy atom. The predicted octanol–water partition coefficient (Wildman–Crippen LogP) is 28.1. The van der Waals surface area contributed by atoms with Gasteiger partial charge in [-0.25, -0.2) is 0 Å². The van der Waals surface area contributed by atoms with Gasteiger partial charge in [-0.05, 0) is 163 Å². The van der Waals surface area contributed by atoms with Crippen molar-refractivity contribution in [2.24, 2.45) is 0 Å². The number of hydrogen-bond donors (Lipinski definition) is 0. The summed E-state index contributed by atoms with van der Waals surface area (Å²) < 4.78 is 5.24. The summed E-state index contributed by atoms with van der Waals surface area (Å²) in [7, 11) is 0. The Bertz CT molecular complexity index is 6910. The Morgan fingerprint density at radius 1 is 0.232 bits per heavy atom. The van der Waals surface area contributed by atoms with Crippen LogP contribution in [0.1, 0.15) is 105 Å². The average Bonchev–Trinajstić information content (AvgIpc) is 1.06. The summed E-state index contributed by atoms with van der Waals surface area (Å²) in [5.41, 5.74) is 25.9. The highest BCUT2D eigenvalue weighted by molar-refractivity contribution is 7.00. The second kappa shape index (κ2) is 24.4. The summed E-state index contributed by atoms with van der Waals surface area (Å²) in [6.45, 7) is 27.8. The highest BCUT2D eigenvalue weighted by Crippen LogP contribution is 2.53. The average molecular weight is 1460 g/mol. The molecule has 0 spiro atoms. The van der Waals surface area contributed by atoms with Crippen molar-refractivity contribution in [1.82, 2.24) is 8.80 Å². The van der Waals surface area contributed by atoms with Crippen LogP contribution in [0.5, 0.6) is 0 Å². The fourth-order valence-electron chi connectivity index (χ4n) is 19.3. The molecule has 112 heavy (non-hydrogen) atoms. The van der Waals surface area contributed by atoms with Crippen molar-refractivity contribution >= 4 is 188 Å². The summed E-state index contributed by atoms with van der Waals surface area (Å²) in [4.78, 5) is 5.27. The van der Waals surface area contributed by atoms with Crippen LogP contribution in [0.2, 0.25) is 5.02 Å². The van der Waals surface area contributed by atoms with E-state index in [1.807, 2.05) is 0 Å². The van der Waals surface area contributed by atoms with E-state index < -0.39 is 0 Å². The smallest absolute Gasteiger partial charge is 0.252 e. The first-order valence-corrected chi connectivity index (χ1v) is 40.2. The predicted molar refractivity (Wildman–Crippen MR) is 486 cm³/mol. The summed E-state index contributed by atoms with van der Waals surface area (Å²) in [5.74, 6) is 0. The number of fused-ring (bicyclic) bond motifs is 24. The first kappa shape index (κ1) is 67.9. The van der Waals surface area contributed by atoms with Crippen LogP contribution < -0.4 is 26.2 Å². The molecule has 0 radical (unpaired) electrons. The van der Waals surface area contributed by atoms with Gasteiger partial charge in [0, 0.05) is 82.0 Å². The minimum absolute atomic E-state index is 0.145. The quantitative estimate of drug-likeness (QED) is 0.163. The van der Waals surface area contributed by atoms with Gasteiger partial charge in [-0.2, -0.15) is 0 Å². The number of aromatic nitrogens is 2. The summed E-state index contributed by atoms with van der Waals surface area (Å²) in [6, 6.07) is 117. The van der Waals surface area contributed by atoms with E-state index in [1.54, 1.807) is 0 Å². The number of rotatable bonds is 4. The maximum Gasteiger partial charge on any atom is 0.252 e. The van der Waals surface area contributed by atoms with Gasteiger partial charge in [0.15, 0.2) is 0 Å². The topological polar surface area (TPSA) is 15.3 Å². The summed E-state index contributed by atoms with van der Waals surface area (Å²) >= 11 is 8.30. The molecule has 4 aromatic heterocycles. The molecule has 6 heteroatoms. The van der Waals surface area contributed by atoms with Crippen molar-refractivity contribution in [2.75, 3.05) is 9.80 Å². The monoisotopic (exact) mass is 1460 g/mol. The number of nitrogens with zero attached hydrogens (tertiary/aromatic N) is 4. The lowest BCUT2D eigenvalue weighted by Crippen LogP contribution is -2.61. The Balaban J connectivity index is 1.01. The van der Waals surface area contributed by atoms with Crippen LogP contribution >= 0.6 is 11.6 Å². The molecular weight excluding hydrogens is 1380 g/mol. The van der Waals surface area contributed by atoms with Crippen molar-refractivity contribution in [2.45, 2.75) is 105 Å². The van der Waals surface area contributed by atoms with Crippen LogP contribution in [0.25, 0.3) is 142 Å². The number of para-hydroxylation sites is 6. The van der Waals surface area contributed by atoms with E-state index in [-0.39, 0.29) is 28.4 Å². The molecule has 0 saturated heterocycles. The van der Waals surface area contributed by atoms with Crippen LogP contribution in [0.3, 0.4) is 0 Å². The molecule has 2 aliphatic rings. The van der Waals surface area contributed by atoms with Gasteiger partial charge in [0.1, 0.15) is 0 Å². The highest BCUT2D eigenvalue weighted by Gasteiger charge is 2.46. The Morgan fingerprint density at radius 3 is 0.848 bits per heavy atom. The molecule has 0 atom stereocenters. The lowest BCUT2D eigenvalue weighted by molar-refractivity contribution is 0.568. The van der Waals surface area contributed by atoms with Crippen molar-refractivity contribution in [1.29, 1.82) is 0 Å². The van der Waals surface area contributed by atoms with Crippen LogP contribution in [-0.2, 0) is 21.7 Å². The van der Waals surface area contributed by atoms with Crippen molar-refractivity contribution in [3.63, 3.8) is 0 Å². The molecular formula is C106H86BClN4. The molecule has 2 aliphatic heterocycles. The standard InChI is InChI=1S/C106H86BClN4/c1-103(2,3)65-51-63(52-66(55-65)104(4,5)6)70-31-21-25-47-90(70)109-96-61-94-86(78-39-19-15-35-74(78)72-33-13-17-37-76(72)82-43-29-45-84-80-41-23-27-49-92(80)111(94)101(82)84)59-88(96)107-89-60-87-79-40-20-16-36-75(79)73-34-14-18-38-77(73)83-44-30-46-85-81-42-24-28-50-93(81)112(102(83)85)95(87)62-97(89)110(99-58-69(108)57-98(109)100(99)107)91-48-26-22-32-71(91)64-53-67(105(7,8)9)56-68(54-64)106(10,11)12/h13-62H,1-12H3. The van der Waals surface area contributed by atoms with E-state index in [0.29, 0.717) is 5.02 Å². The van der Waals surface area contributed by atoms with E-state index >= 15 is 0 Å². The zero-order valence-corrected chi connectivity index (χ0v) is 66.4. The van der Waals surface area contributed by atoms with Crippen LogP contribution in [0.4, 0.5) is 34.1 Å². The normalized spacial score (nSPS) is 13.3. The minimum atomic E-state index is -0.385. The van der Waals surface area contributed by atoms with Crippen molar-refractivity contribution in [3.8, 4) is 22.3 Å². The Hall–Kier alpha value is -12.1. The molecule has 0 fully saturated rings. The minimum Gasteiger partial charge on any atom is -0.311 e. The molecule has 4 nitrogen and oxygen atoms in total. The second-order valence-electron chi connectivity index (χ2n) is 35.7. The summed E-state index contributed by atoms with van der Waals surface area (Å²) in [6.07, 6.45) is 0. The van der Waals surface area contributed by atoms with Gasteiger partial charge in [0.05, 0.1) is 44.5 Å². The third kappa shape index (κ3) is 10.2. The van der Waals surface area contributed by atoms with E-state index in [0.717, 1.165) is 88.9 Å². The van der Waals surface area contributed by atoms with Gasteiger partial charge in [0.2, 0.25) is 0 Å². The number of anilines is 6. The number of benzene rings is 15. The van der Waals surface area contributed by atoms with E-state index in [4.69, 9.17) is 11.6 Å². The largest absolute Gasteiger partial charge is 0.311 e. The lowest BCUT2D eigenvalue weighted by Gasteiger charge is -2.45. The molecule has 540 valence electrons. The first-order chi connectivity index (χ1) is 54.0. The zero-order valence-electron chi connectivity index (χ0n) is 65.6. The molecule has 0 aliphatic carbocycles. The van der Waals surface area contributed by atoms with Gasteiger partial charge >= 0.3 is 0 Å². The molecule has 19 aromatic rings. The van der Waals surface area contributed by atoms with Crippen molar-refractivity contribution < 1.29 is 0 Å². The van der Waals surface area contributed by atoms with Crippen LogP contribution in [0, 0.1) is 0 Å². The van der Waals surface area contributed by atoms with Gasteiger partial charge < -0.3 is 18.6 Å². The van der Waals surface area contributed by atoms with Gasteiger partial charge in [-0.3, -0.25) is 0 Å². The van der Waals surface area contributed by atoms with Crippen molar-refractivity contribution in [3.05, 3.63) is 331 Å². The van der Waals surface area contributed by atoms with Gasteiger partial charge in [-0.1, -0.05) is 349 Å². The Kier molecular flexibility index (Phi) is 14.8. The number of halogens is 1.